The highest BCUT2D eigenvalue weighted by molar-refractivity contribution is 5.92. The monoisotopic (exact) mass is 267 g/mol. The quantitative estimate of drug-likeness (QED) is 0.845. The number of hydrogen-bond donors (Lipinski definition) is 2. The molecule has 0 bridgehead atoms. The third-order valence-corrected chi connectivity index (χ3v) is 2.66. The molecule has 0 fully saturated rings. The van der Waals surface area contributed by atoms with Crippen LogP contribution in [0.4, 0.5) is 0 Å². The number of nitrogens with one attached hydrogen (secondary N) is 1. The number of aryl methyl sites for hydroxylation is 1. The van der Waals surface area contributed by atoms with E-state index in [4.69, 9.17) is 5.11 Å². The summed E-state index contributed by atoms with van der Waals surface area (Å²) < 4.78 is 1.60. The molecule has 6 nitrogen and oxygen atoms in total. The SMILES string of the molecule is Cn1cncc1C(=O)NC(CC(=O)O)CC(C)(C)C. The van der Waals surface area contributed by atoms with E-state index in [2.05, 4.69) is 10.3 Å². The van der Waals surface area contributed by atoms with Gasteiger partial charge in [0, 0.05) is 13.1 Å². The highest BCUT2D eigenvalue weighted by atomic mass is 16.4. The Labute approximate surface area is 112 Å². The number of amides is 1. The molecule has 6 heteroatoms. The largest absolute Gasteiger partial charge is 0.481 e. The summed E-state index contributed by atoms with van der Waals surface area (Å²) in [5.74, 6) is -1.21. The van der Waals surface area contributed by atoms with Crippen molar-refractivity contribution in [3.05, 3.63) is 18.2 Å². The molecule has 1 amide bonds. The Hall–Kier alpha value is -1.85. The molecule has 0 saturated heterocycles. The Balaban J connectivity index is 2.74. The van der Waals surface area contributed by atoms with Gasteiger partial charge in [-0.3, -0.25) is 9.59 Å². The molecule has 1 unspecified atom stereocenters. The van der Waals surface area contributed by atoms with Crippen LogP contribution in [0.5, 0.6) is 0 Å². The summed E-state index contributed by atoms with van der Waals surface area (Å²) in [4.78, 5) is 26.8. The molecule has 0 aliphatic heterocycles. The second kappa shape index (κ2) is 5.86. The molecule has 1 aromatic heterocycles. The predicted octanol–water partition coefficient (Wildman–Crippen LogP) is 1.43. The van der Waals surface area contributed by atoms with E-state index >= 15 is 0 Å². The minimum Gasteiger partial charge on any atom is -0.481 e. The Morgan fingerprint density at radius 2 is 2.11 bits per heavy atom. The fourth-order valence-corrected chi connectivity index (χ4v) is 1.96. The van der Waals surface area contributed by atoms with Crippen LogP contribution >= 0.6 is 0 Å². The van der Waals surface area contributed by atoms with Crippen LogP contribution < -0.4 is 5.32 Å². The summed E-state index contributed by atoms with van der Waals surface area (Å²) in [5, 5.41) is 11.7. The lowest BCUT2D eigenvalue weighted by atomic mass is 9.87. The number of imidazole rings is 1. The number of carboxylic acid groups (broad SMARTS) is 1. The molecule has 0 saturated carbocycles. The van der Waals surface area contributed by atoms with Gasteiger partial charge in [-0.2, -0.15) is 0 Å². The van der Waals surface area contributed by atoms with Crippen molar-refractivity contribution >= 4 is 11.9 Å². The van der Waals surface area contributed by atoms with E-state index in [9.17, 15) is 9.59 Å². The molecule has 106 valence electrons. The van der Waals surface area contributed by atoms with E-state index in [-0.39, 0.29) is 23.8 Å². The number of rotatable bonds is 5. The summed E-state index contributed by atoms with van der Waals surface area (Å²) in [6, 6.07) is -0.389. The number of carbonyl (C=O) groups is 2. The van der Waals surface area contributed by atoms with Crippen molar-refractivity contribution in [2.45, 2.75) is 39.7 Å². The fraction of sp³-hybridized carbons (Fsp3) is 0.615. The van der Waals surface area contributed by atoms with E-state index < -0.39 is 5.97 Å². The van der Waals surface area contributed by atoms with Crippen LogP contribution in [0, 0.1) is 5.41 Å². The van der Waals surface area contributed by atoms with Crippen LogP contribution in [-0.4, -0.2) is 32.6 Å². The van der Waals surface area contributed by atoms with E-state index in [0.717, 1.165) is 0 Å². The lowest BCUT2D eigenvalue weighted by molar-refractivity contribution is -0.137. The standard InChI is InChI=1S/C13H21N3O3/c1-13(2,3)6-9(5-11(17)18)15-12(19)10-7-14-8-16(10)4/h7-9H,5-6H2,1-4H3,(H,15,19)(H,17,18). The molecule has 2 N–H and O–H groups in total. The number of hydrogen-bond acceptors (Lipinski definition) is 3. The third-order valence-electron chi connectivity index (χ3n) is 2.66. The molecule has 1 atom stereocenters. The molecule has 0 aliphatic rings. The summed E-state index contributed by atoms with van der Waals surface area (Å²) in [7, 11) is 1.72. The topological polar surface area (TPSA) is 84.2 Å². The highest BCUT2D eigenvalue weighted by Gasteiger charge is 2.23. The first-order chi connectivity index (χ1) is 8.69. The van der Waals surface area contributed by atoms with E-state index in [1.54, 1.807) is 11.6 Å². The van der Waals surface area contributed by atoms with Crippen LogP contribution in [0.3, 0.4) is 0 Å². The molecule has 0 aromatic carbocycles. The van der Waals surface area contributed by atoms with Crippen LogP contribution in [0.15, 0.2) is 12.5 Å². The molecule has 0 spiro atoms. The van der Waals surface area contributed by atoms with Gasteiger partial charge < -0.3 is 15.0 Å². The minimum absolute atomic E-state index is 0.0557. The molecule has 1 aromatic rings. The van der Waals surface area contributed by atoms with Gasteiger partial charge in [-0.05, 0) is 11.8 Å². The molecular formula is C13H21N3O3. The van der Waals surface area contributed by atoms with Gasteiger partial charge in [0.25, 0.3) is 5.91 Å². The summed E-state index contributed by atoms with van der Waals surface area (Å²) in [6.07, 6.45) is 3.51. The molecular weight excluding hydrogens is 246 g/mol. The van der Waals surface area contributed by atoms with Crippen molar-refractivity contribution < 1.29 is 14.7 Å². The zero-order chi connectivity index (χ0) is 14.6. The maximum Gasteiger partial charge on any atom is 0.305 e. The van der Waals surface area contributed by atoms with Crippen LogP contribution in [0.2, 0.25) is 0 Å². The Bertz CT molecular complexity index is 460. The van der Waals surface area contributed by atoms with Crippen molar-refractivity contribution in [1.29, 1.82) is 0 Å². The van der Waals surface area contributed by atoms with Gasteiger partial charge in [-0.25, -0.2) is 4.98 Å². The average Bonchev–Trinajstić information content (AvgIpc) is 2.60. The van der Waals surface area contributed by atoms with E-state index in [0.29, 0.717) is 12.1 Å². The van der Waals surface area contributed by atoms with E-state index in [1.807, 2.05) is 20.8 Å². The molecule has 0 aliphatic carbocycles. The van der Waals surface area contributed by atoms with Gasteiger partial charge in [-0.1, -0.05) is 20.8 Å². The second-order valence-electron chi connectivity index (χ2n) is 5.92. The van der Waals surface area contributed by atoms with Crippen LogP contribution in [0.25, 0.3) is 0 Å². The average molecular weight is 267 g/mol. The third kappa shape index (κ3) is 5.11. The summed E-state index contributed by atoms with van der Waals surface area (Å²) in [6.45, 7) is 6.04. The van der Waals surface area contributed by atoms with Gasteiger partial charge in [0.05, 0.1) is 18.9 Å². The van der Waals surface area contributed by atoms with Crippen LogP contribution in [0.1, 0.15) is 44.1 Å². The maximum atomic E-state index is 12.0. The zero-order valence-electron chi connectivity index (χ0n) is 11.8. The first kappa shape index (κ1) is 15.2. The lowest BCUT2D eigenvalue weighted by Crippen LogP contribution is -2.39. The Morgan fingerprint density at radius 3 is 2.53 bits per heavy atom. The van der Waals surface area contributed by atoms with Gasteiger partial charge in [-0.15, -0.1) is 0 Å². The van der Waals surface area contributed by atoms with Gasteiger partial charge in [0.2, 0.25) is 0 Å². The summed E-state index contributed by atoms with van der Waals surface area (Å²) in [5.41, 5.74) is 0.365. The number of aliphatic carboxylic acids is 1. The number of carboxylic acids is 1. The minimum atomic E-state index is -0.917. The van der Waals surface area contributed by atoms with Crippen molar-refractivity contribution in [3.8, 4) is 0 Å². The zero-order valence-corrected chi connectivity index (χ0v) is 11.8. The highest BCUT2D eigenvalue weighted by Crippen LogP contribution is 2.22. The fourth-order valence-electron chi connectivity index (χ4n) is 1.96. The molecule has 1 heterocycles. The first-order valence-corrected chi connectivity index (χ1v) is 6.18. The van der Waals surface area contributed by atoms with Crippen molar-refractivity contribution in [3.63, 3.8) is 0 Å². The molecule has 1 rings (SSSR count). The van der Waals surface area contributed by atoms with Crippen molar-refractivity contribution in [1.82, 2.24) is 14.9 Å². The number of carbonyl (C=O) groups excluding carboxylic acids is 1. The maximum absolute atomic E-state index is 12.0. The lowest BCUT2D eigenvalue weighted by Gasteiger charge is -2.25. The molecule has 0 radical (unpaired) electrons. The Kier molecular flexibility index (Phi) is 4.69. The summed E-state index contributed by atoms with van der Waals surface area (Å²) >= 11 is 0. The number of aromatic nitrogens is 2. The normalized spacial score (nSPS) is 13.1. The second-order valence-corrected chi connectivity index (χ2v) is 5.92. The molecule has 19 heavy (non-hydrogen) atoms. The first-order valence-electron chi connectivity index (χ1n) is 6.18. The van der Waals surface area contributed by atoms with Crippen molar-refractivity contribution in [2.75, 3.05) is 0 Å². The van der Waals surface area contributed by atoms with Crippen molar-refractivity contribution in [2.24, 2.45) is 12.5 Å². The number of nitrogens with zero attached hydrogens (tertiary/aromatic N) is 2. The van der Waals surface area contributed by atoms with Gasteiger partial charge in [0.1, 0.15) is 5.69 Å². The van der Waals surface area contributed by atoms with Crippen LogP contribution in [-0.2, 0) is 11.8 Å². The van der Waals surface area contributed by atoms with E-state index in [1.165, 1.54) is 12.5 Å². The Morgan fingerprint density at radius 1 is 1.47 bits per heavy atom. The predicted molar refractivity (Wildman–Crippen MR) is 70.8 cm³/mol. The van der Waals surface area contributed by atoms with Gasteiger partial charge >= 0.3 is 5.97 Å². The van der Waals surface area contributed by atoms with Gasteiger partial charge in [0.15, 0.2) is 0 Å². The smallest absolute Gasteiger partial charge is 0.305 e.